The summed E-state index contributed by atoms with van der Waals surface area (Å²) >= 11 is 6.08. The molecule has 0 unspecified atom stereocenters. The van der Waals surface area contributed by atoms with Crippen LogP contribution in [0.2, 0.25) is 5.02 Å². The van der Waals surface area contributed by atoms with Gasteiger partial charge >= 0.3 is 0 Å². The van der Waals surface area contributed by atoms with Crippen LogP contribution in [0.25, 0.3) is 0 Å². The molecule has 1 aliphatic heterocycles. The van der Waals surface area contributed by atoms with Crippen LogP contribution in [0.5, 0.6) is 0 Å². The van der Waals surface area contributed by atoms with Crippen LogP contribution in [0, 0.1) is 5.82 Å². The monoisotopic (exact) mass is 618 g/mol. The topological polar surface area (TPSA) is 105 Å². The summed E-state index contributed by atoms with van der Waals surface area (Å²) in [4.78, 5) is 13.6. The van der Waals surface area contributed by atoms with Gasteiger partial charge in [-0.1, -0.05) is 35.9 Å². The molecule has 226 valence electrons. The lowest BCUT2D eigenvalue weighted by atomic mass is 9.82. The number of nitrogens with two attached hydrogens (primary N) is 1. The number of rotatable bonds is 10. The molecule has 0 bridgehead atoms. The maximum atomic E-state index is 15.2. The van der Waals surface area contributed by atoms with Crippen molar-refractivity contribution in [1.29, 1.82) is 0 Å². The van der Waals surface area contributed by atoms with E-state index in [2.05, 4.69) is 10.6 Å². The van der Waals surface area contributed by atoms with Gasteiger partial charge in [0.15, 0.2) is 0 Å². The quantitative estimate of drug-likeness (QED) is 0.340. The minimum atomic E-state index is -3.43. The summed E-state index contributed by atoms with van der Waals surface area (Å²) in [6, 6.07) is 9.69. The van der Waals surface area contributed by atoms with Crippen molar-refractivity contribution in [2.24, 2.45) is 5.73 Å². The second kappa shape index (κ2) is 12.9. The average molecular weight is 619 g/mol. The summed E-state index contributed by atoms with van der Waals surface area (Å²) in [5, 5.41) is 6.29. The Labute approximate surface area is 251 Å². The summed E-state index contributed by atoms with van der Waals surface area (Å²) in [6.07, 6.45) is 6.02. The standard InChI is InChI=1S/C31H37ClF2N4O3S/c1-19-17-36-18-24(38(19)42(40,41)25-13-14-25)12-15-26-27(34)6-3-7-28(26)37-31(39)30(35)29(20-8-10-22(32)11-9-20)21-4-2-5-23(33)16-21/h3-4,6-11,16,19,24-25,29-30,36H,2,5,12-15,17-18,35H2,1H3,(H,37,39)/t19-,24-,29-,30-/m0/s1. The van der Waals surface area contributed by atoms with Crippen molar-refractivity contribution in [3.05, 3.63) is 88.0 Å². The van der Waals surface area contributed by atoms with Crippen LogP contribution in [0.4, 0.5) is 14.5 Å². The second-order valence-corrected chi connectivity index (χ2v) is 14.0. The highest BCUT2D eigenvalue weighted by molar-refractivity contribution is 7.90. The molecular weight excluding hydrogens is 582 g/mol. The van der Waals surface area contributed by atoms with Crippen LogP contribution in [-0.4, -0.2) is 55.1 Å². The van der Waals surface area contributed by atoms with Gasteiger partial charge in [0.05, 0.1) is 11.3 Å². The number of halogens is 3. The third-order valence-corrected chi connectivity index (χ3v) is 11.1. The van der Waals surface area contributed by atoms with E-state index >= 15 is 4.39 Å². The molecule has 4 N–H and O–H groups in total. The molecule has 7 nitrogen and oxygen atoms in total. The van der Waals surface area contributed by atoms with Crippen LogP contribution < -0.4 is 16.4 Å². The van der Waals surface area contributed by atoms with Gasteiger partial charge in [-0.2, -0.15) is 4.31 Å². The van der Waals surface area contributed by atoms with Gasteiger partial charge in [-0.05, 0) is 80.5 Å². The predicted molar refractivity (Wildman–Crippen MR) is 162 cm³/mol. The van der Waals surface area contributed by atoms with E-state index in [-0.39, 0.29) is 40.8 Å². The van der Waals surface area contributed by atoms with E-state index in [9.17, 15) is 17.6 Å². The zero-order chi connectivity index (χ0) is 30.0. The van der Waals surface area contributed by atoms with Crippen LogP contribution in [-0.2, 0) is 21.2 Å². The fraction of sp³-hybridized carbons (Fsp3) is 0.452. The zero-order valence-electron chi connectivity index (χ0n) is 23.5. The first-order valence-corrected chi connectivity index (χ1v) is 16.3. The molecule has 1 amide bonds. The number of amides is 1. The molecule has 11 heteroatoms. The lowest BCUT2D eigenvalue weighted by Gasteiger charge is -2.40. The third kappa shape index (κ3) is 6.78. The van der Waals surface area contributed by atoms with Crippen LogP contribution in [0.1, 0.15) is 56.1 Å². The summed E-state index contributed by atoms with van der Waals surface area (Å²) in [5.74, 6) is -1.98. The molecular formula is C31H37ClF2N4O3S. The summed E-state index contributed by atoms with van der Waals surface area (Å²) in [5.41, 5.74) is 8.40. The van der Waals surface area contributed by atoms with Crippen molar-refractivity contribution in [1.82, 2.24) is 9.62 Å². The van der Waals surface area contributed by atoms with Crippen molar-refractivity contribution in [2.75, 3.05) is 18.4 Å². The molecule has 4 atom stereocenters. The van der Waals surface area contributed by atoms with Gasteiger partial charge in [0.2, 0.25) is 15.9 Å². The summed E-state index contributed by atoms with van der Waals surface area (Å²) < 4.78 is 57.5. The van der Waals surface area contributed by atoms with Gasteiger partial charge in [-0.25, -0.2) is 17.2 Å². The van der Waals surface area contributed by atoms with Crippen molar-refractivity contribution in [3.63, 3.8) is 0 Å². The molecule has 5 rings (SSSR count). The number of nitrogens with one attached hydrogen (secondary N) is 2. The van der Waals surface area contributed by atoms with Gasteiger partial charge < -0.3 is 16.4 Å². The number of piperazine rings is 1. The Hall–Kier alpha value is -2.63. The fourth-order valence-corrected chi connectivity index (χ4v) is 8.39. The Balaban J connectivity index is 1.36. The molecule has 0 aromatic heterocycles. The van der Waals surface area contributed by atoms with Crippen LogP contribution in [0.3, 0.4) is 0 Å². The number of carbonyl (C=O) groups is 1. The number of nitrogens with zero attached hydrogens (tertiary/aromatic N) is 1. The number of hydrogen-bond acceptors (Lipinski definition) is 5. The van der Waals surface area contributed by atoms with Gasteiger partial charge in [0.25, 0.3) is 0 Å². The fourth-order valence-electron chi connectivity index (χ4n) is 6.02. The lowest BCUT2D eigenvalue weighted by molar-refractivity contribution is -0.117. The number of sulfonamides is 1. The van der Waals surface area contributed by atoms with Crippen molar-refractivity contribution in [3.8, 4) is 0 Å². The SMILES string of the molecule is C[C@H]1CNC[C@H](CCc2c(F)cccc2NC(=O)[C@@H](N)[C@H](C2=CCCC(F)=C2)c2ccc(Cl)cc2)N1S(=O)(=O)C1CC1. The maximum Gasteiger partial charge on any atom is 0.242 e. The van der Waals surface area contributed by atoms with E-state index in [0.717, 1.165) is 0 Å². The van der Waals surface area contributed by atoms with Gasteiger partial charge in [-0.15, -0.1) is 0 Å². The molecule has 2 aromatic carbocycles. The van der Waals surface area contributed by atoms with Crippen molar-refractivity contribution < 1.29 is 22.0 Å². The van der Waals surface area contributed by atoms with Crippen molar-refractivity contribution >= 4 is 33.2 Å². The lowest BCUT2D eigenvalue weighted by Crippen LogP contribution is -2.59. The molecule has 2 aromatic rings. The van der Waals surface area contributed by atoms with E-state index in [4.69, 9.17) is 17.3 Å². The average Bonchev–Trinajstić information content (AvgIpc) is 3.80. The summed E-state index contributed by atoms with van der Waals surface area (Å²) in [7, 11) is -3.43. The first-order chi connectivity index (χ1) is 20.1. The highest BCUT2D eigenvalue weighted by Crippen LogP contribution is 2.36. The normalized spacial score (nSPS) is 23.1. The molecule has 0 spiro atoms. The molecule has 1 saturated carbocycles. The predicted octanol–water partition coefficient (Wildman–Crippen LogP) is 5.19. The van der Waals surface area contributed by atoms with Gasteiger partial charge in [0.1, 0.15) is 11.6 Å². The Morgan fingerprint density at radius 1 is 1.17 bits per heavy atom. The van der Waals surface area contributed by atoms with Gasteiger partial charge in [-0.3, -0.25) is 4.79 Å². The van der Waals surface area contributed by atoms with E-state index in [1.54, 1.807) is 34.6 Å². The minimum absolute atomic E-state index is 0.204. The molecule has 1 saturated heterocycles. The maximum absolute atomic E-state index is 15.2. The molecule has 0 radical (unpaired) electrons. The van der Waals surface area contributed by atoms with Crippen LogP contribution >= 0.6 is 11.6 Å². The molecule has 42 heavy (non-hydrogen) atoms. The zero-order valence-corrected chi connectivity index (χ0v) is 25.1. The largest absolute Gasteiger partial charge is 0.324 e. The van der Waals surface area contributed by atoms with E-state index < -0.39 is 33.7 Å². The number of hydrogen-bond donors (Lipinski definition) is 3. The van der Waals surface area contributed by atoms with E-state index in [1.165, 1.54) is 18.2 Å². The first-order valence-electron chi connectivity index (χ1n) is 14.4. The van der Waals surface area contributed by atoms with Crippen LogP contribution in [0.15, 0.2) is 66.0 Å². The Morgan fingerprint density at radius 3 is 2.60 bits per heavy atom. The summed E-state index contributed by atoms with van der Waals surface area (Å²) in [6.45, 7) is 2.92. The first kappa shape index (κ1) is 30.8. The molecule has 2 aliphatic carbocycles. The number of carbonyl (C=O) groups excluding carboxylic acids is 1. The number of benzene rings is 2. The minimum Gasteiger partial charge on any atom is -0.324 e. The molecule has 2 fully saturated rings. The molecule has 1 heterocycles. The highest BCUT2D eigenvalue weighted by atomic mass is 35.5. The number of anilines is 1. The second-order valence-electron chi connectivity index (χ2n) is 11.4. The van der Waals surface area contributed by atoms with Gasteiger partial charge in [0, 0.05) is 53.8 Å². The van der Waals surface area contributed by atoms with E-state index in [1.807, 2.05) is 13.0 Å². The smallest absolute Gasteiger partial charge is 0.242 e. The Kier molecular flexibility index (Phi) is 9.49. The highest BCUT2D eigenvalue weighted by Gasteiger charge is 2.45. The van der Waals surface area contributed by atoms with Crippen molar-refractivity contribution in [2.45, 2.75) is 74.7 Å². The Morgan fingerprint density at radius 2 is 1.90 bits per heavy atom. The number of allylic oxidation sites excluding steroid dienone is 3. The van der Waals surface area contributed by atoms with E-state index in [0.29, 0.717) is 61.4 Å². The third-order valence-electron chi connectivity index (χ3n) is 8.29. The Bertz CT molecular complexity index is 1480. The molecule has 3 aliphatic rings.